The van der Waals surface area contributed by atoms with E-state index < -0.39 is 0 Å². The van der Waals surface area contributed by atoms with E-state index in [1.807, 2.05) is 24.3 Å². The van der Waals surface area contributed by atoms with E-state index in [1.165, 1.54) is 11.3 Å². The molecule has 0 radical (unpaired) electrons. The lowest BCUT2D eigenvalue weighted by molar-refractivity contribution is 0.102. The van der Waals surface area contributed by atoms with Gasteiger partial charge < -0.3 is 25.4 Å². The SMILES string of the molecule is O=C(Nc1ccc(N2CCOCC2)cc1)c1csc(NC2CCC(O)CC2)n1. The Kier molecular flexibility index (Phi) is 6.09. The van der Waals surface area contributed by atoms with Crippen molar-refractivity contribution in [3.05, 3.63) is 35.3 Å². The minimum absolute atomic E-state index is 0.176. The number of benzene rings is 1. The molecule has 0 atom stereocenters. The van der Waals surface area contributed by atoms with Gasteiger partial charge in [-0.15, -0.1) is 11.3 Å². The number of carbonyl (C=O) groups is 1. The number of rotatable bonds is 5. The Labute approximate surface area is 168 Å². The van der Waals surface area contributed by atoms with Crippen LogP contribution in [0.5, 0.6) is 0 Å². The van der Waals surface area contributed by atoms with Crippen molar-refractivity contribution in [1.82, 2.24) is 4.98 Å². The number of morpholine rings is 1. The van der Waals surface area contributed by atoms with E-state index in [1.54, 1.807) is 5.38 Å². The predicted molar refractivity (Wildman–Crippen MR) is 111 cm³/mol. The molecule has 2 heterocycles. The van der Waals surface area contributed by atoms with E-state index in [9.17, 15) is 9.90 Å². The summed E-state index contributed by atoms with van der Waals surface area (Å²) in [5, 5.41) is 18.4. The number of thiazole rings is 1. The van der Waals surface area contributed by atoms with Gasteiger partial charge in [0.1, 0.15) is 5.69 Å². The van der Waals surface area contributed by atoms with Crippen LogP contribution in [0.3, 0.4) is 0 Å². The maximum absolute atomic E-state index is 12.5. The number of nitrogens with zero attached hydrogens (tertiary/aromatic N) is 2. The summed E-state index contributed by atoms with van der Waals surface area (Å²) in [5.74, 6) is -0.206. The summed E-state index contributed by atoms with van der Waals surface area (Å²) in [6.45, 7) is 3.28. The molecule has 7 nitrogen and oxygen atoms in total. The Morgan fingerprint density at radius 1 is 1.14 bits per heavy atom. The molecule has 2 aliphatic rings. The predicted octanol–water partition coefficient (Wildman–Crippen LogP) is 2.95. The van der Waals surface area contributed by atoms with Crippen LogP contribution in [0, 0.1) is 0 Å². The monoisotopic (exact) mass is 402 g/mol. The summed E-state index contributed by atoms with van der Waals surface area (Å²) in [4.78, 5) is 19.2. The molecule has 0 unspecified atom stereocenters. The van der Waals surface area contributed by atoms with E-state index in [-0.39, 0.29) is 12.0 Å². The van der Waals surface area contributed by atoms with Crippen LogP contribution < -0.4 is 15.5 Å². The summed E-state index contributed by atoms with van der Waals surface area (Å²) in [6.07, 6.45) is 3.31. The van der Waals surface area contributed by atoms with Crippen molar-refractivity contribution in [2.45, 2.75) is 37.8 Å². The number of hydrogen-bond acceptors (Lipinski definition) is 7. The van der Waals surface area contributed by atoms with Crippen molar-refractivity contribution in [1.29, 1.82) is 0 Å². The topological polar surface area (TPSA) is 86.7 Å². The Morgan fingerprint density at radius 2 is 1.86 bits per heavy atom. The van der Waals surface area contributed by atoms with Crippen LogP contribution in [0.25, 0.3) is 0 Å². The second kappa shape index (κ2) is 8.89. The minimum Gasteiger partial charge on any atom is -0.393 e. The van der Waals surface area contributed by atoms with Crippen LogP contribution in [0.2, 0.25) is 0 Å². The van der Waals surface area contributed by atoms with Crippen LogP contribution in [0.15, 0.2) is 29.6 Å². The van der Waals surface area contributed by atoms with Gasteiger partial charge in [0.2, 0.25) is 0 Å². The van der Waals surface area contributed by atoms with E-state index >= 15 is 0 Å². The Morgan fingerprint density at radius 3 is 2.57 bits per heavy atom. The largest absolute Gasteiger partial charge is 0.393 e. The van der Waals surface area contributed by atoms with Crippen LogP contribution >= 0.6 is 11.3 Å². The Hall–Kier alpha value is -2.16. The average molecular weight is 403 g/mol. The molecule has 2 aromatic rings. The van der Waals surface area contributed by atoms with Crippen molar-refractivity contribution in [2.24, 2.45) is 0 Å². The summed E-state index contributed by atoms with van der Waals surface area (Å²) in [6, 6.07) is 8.19. The quantitative estimate of drug-likeness (QED) is 0.713. The van der Waals surface area contributed by atoms with Gasteiger partial charge in [0.05, 0.1) is 19.3 Å². The highest BCUT2D eigenvalue weighted by atomic mass is 32.1. The highest BCUT2D eigenvalue weighted by Gasteiger charge is 2.20. The highest BCUT2D eigenvalue weighted by molar-refractivity contribution is 7.13. The van der Waals surface area contributed by atoms with Gasteiger partial charge in [0.25, 0.3) is 5.91 Å². The van der Waals surface area contributed by atoms with Gasteiger partial charge in [0, 0.05) is 35.9 Å². The average Bonchev–Trinajstić information content (AvgIpc) is 3.20. The number of aliphatic hydroxyl groups is 1. The number of aromatic nitrogens is 1. The minimum atomic E-state index is -0.206. The standard InChI is InChI=1S/C20H26N4O3S/c25-17-7-3-15(4-8-17)22-20-23-18(13-28-20)19(26)21-14-1-5-16(6-2-14)24-9-11-27-12-10-24/h1-2,5-6,13,15,17,25H,3-4,7-12H2,(H,21,26)(H,22,23). The molecule has 1 aliphatic heterocycles. The summed E-state index contributed by atoms with van der Waals surface area (Å²) < 4.78 is 5.38. The fourth-order valence-electron chi connectivity index (χ4n) is 3.61. The first-order valence-electron chi connectivity index (χ1n) is 9.81. The Balaban J connectivity index is 1.31. The molecule has 8 heteroatoms. The number of amides is 1. The molecule has 3 N–H and O–H groups in total. The third kappa shape index (κ3) is 4.81. The molecule has 1 aliphatic carbocycles. The zero-order valence-corrected chi connectivity index (χ0v) is 16.6. The van der Waals surface area contributed by atoms with E-state index in [0.717, 1.165) is 68.5 Å². The first-order chi connectivity index (χ1) is 13.7. The number of hydrogen-bond donors (Lipinski definition) is 3. The van der Waals surface area contributed by atoms with Crippen molar-refractivity contribution in [3.63, 3.8) is 0 Å². The third-order valence-electron chi connectivity index (χ3n) is 5.26. The van der Waals surface area contributed by atoms with Crippen LogP contribution in [-0.2, 0) is 4.74 Å². The summed E-state index contributed by atoms with van der Waals surface area (Å²) in [5.41, 5.74) is 2.31. The molecule has 150 valence electrons. The third-order valence-corrected chi connectivity index (χ3v) is 6.04. The molecular weight excluding hydrogens is 376 g/mol. The smallest absolute Gasteiger partial charge is 0.275 e. The summed E-state index contributed by atoms with van der Waals surface area (Å²) in [7, 11) is 0. The summed E-state index contributed by atoms with van der Waals surface area (Å²) >= 11 is 1.44. The number of ether oxygens (including phenoxy) is 1. The van der Waals surface area contributed by atoms with Crippen LogP contribution in [0.1, 0.15) is 36.2 Å². The molecule has 1 aromatic carbocycles. The van der Waals surface area contributed by atoms with Crippen molar-refractivity contribution in [3.8, 4) is 0 Å². The maximum Gasteiger partial charge on any atom is 0.275 e. The maximum atomic E-state index is 12.5. The first kappa shape index (κ1) is 19.2. The van der Waals surface area contributed by atoms with Gasteiger partial charge in [-0.1, -0.05) is 0 Å². The molecule has 1 saturated carbocycles. The Bertz CT molecular complexity index is 781. The van der Waals surface area contributed by atoms with Crippen molar-refractivity contribution < 1.29 is 14.6 Å². The second-order valence-corrected chi connectivity index (χ2v) is 8.15. The van der Waals surface area contributed by atoms with Crippen molar-refractivity contribution >= 4 is 33.8 Å². The van der Waals surface area contributed by atoms with Crippen LogP contribution in [-0.4, -0.2) is 54.4 Å². The van der Waals surface area contributed by atoms with Gasteiger partial charge in [-0.25, -0.2) is 4.98 Å². The molecule has 0 spiro atoms. The molecule has 1 amide bonds. The number of nitrogens with one attached hydrogen (secondary N) is 2. The lowest BCUT2D eigenvalue weighted by Crippen LogP contribution is -2.36. The second-order valence-electron chi connectivity index (χ2n) is 7.29. The lowest BCUT2D eigenvalue weighted by Gasteiger charge is -2.28. The zero-order valence-electron chi connectivity index (χ0n) is 15.8. The van der Waals surface area contributed by atoms with Gasteiger partial charge in [-0.05, 0) is 49.9 Å². The fraction of sp³-hybridized carbons (Fsp3) is 0.500. The molecular formula is C20H26N4O3S. The number of aliphatic hydroxyl groups excluding tert-OH is 1. The van der Waals surface area contributed by atoms with Gasteiger partial charge in [-0.3, -0.25) is 4.79 Å². The van der Waals surface area contributed by atoms with Crippen LogP contribution in [0.4, 0.5) is 16.5 Å². The van der Waals surface area contributed by atoms with E-state index in [2.05, 4.69) is 20.5 Å². The molecule has 28 heavy (non-hydrogen) atoms. The van der Waals surface area contributed by atoms with Gasteiger partial charge >= 0.3 is 0 Å². The number of carbonyl (C=O) groups excluding carboxylic acids is 1. The number of anilines is 3. The van der Waals surface area contributed by atoms with E-state index in [0.29, 0.717) is 11.7 Å². The molecule has 4 rings (SSSR count). The van der Waals surface area contributed by atoms with E-state index in [4.69, 9.17) is 4.74 Å². The lowest BCUT2D eigenvalue weighted by atomic mass is 9.93. The van der Waals surface area contributed by atoms with Crippen molar-refractivity contribution in [2.75, 3.05) is 41.8 Å². The fourth-order valence-corrected chi connectivity index (χ4v) is 4.38. The molecule has 1 saturated heterocycles. The van der Waals surface area contributed by atoms with Gasteiger partial charge in [0.15, 0.2) is 5.13 Å². The molecule has 1 aromatic heterocycles. The highest BCUT2D eigenvalue weighted by Crippen LogP contribution is 2.25. The zero-order chi connectivity index (χ0) is 19.3. The normalized spacial score (nSPS) is 22.7. The molecule has 2 fully saturated rings. The van der Waals surface area contributed by atoms with Gasteiger partial charge in [-0.2, -0.15) is 0 Å². The first-order valence-corrected chi connectivity index (χ1v) is 10.7. The molecule has 0 bridgehead atoms.